The summed E-state index contributed by atoms with van der Waals surface area (Å²) < 4.78 is 52.4. The van der Waals surface area contributed by atoms with Gasteiger partial charge in [-0.25, -0.2) is 0 Å². The van der Waals surface area contributed by atoms with E-state index in [1.54, 1.807) is 41.5 Å². The largest absolute Gasteiger partial charge is 0.388 e. The number of rotatable bonds is 15. The van der Waals surface area contributed by atoms with Gasteiger partial charge in [0, 0.05) is 19.7 Å². The summed E-state index contributed by atoms with van der Waals surface area (Å²) in [6.45, 7) is 11.4. The molecule has 0 bridgehead atoms. The number of carbonyl (C=O) groups is 1. The third-order valence-electron chi connectivity index (χ3n) is 4.22. The zero-order chi connectivity index (χ0) is 23.7. The molecule has 2 atom stereocenters. The Morgan fingerprint density at radius 3 is 2.03 bits per heavy atom. The molecule has 1 saturated heterocycles. The molecule has 31 heavy (non-hydrogen) atoms. The van der Waals surface area contributed by atoms with Gasteiger partial charge in [-0.05, 0) is 48.0 Å². The van der Waals surface area contributed by atoms with Crippen molar-refractivity contribution in [1.82, 2.24) is 4.90 Å². The van der Waals surface area contributed by atoms with Gasteiger partial charge in [-0.2, -0.15) is 0 Å². The first kappa shape index (κ1) is 28.7. The molecule has 10 nitrogen and oxygen atoms in total. The van der Waals surface area contributed by atoms with Crippen LogP contribution < -0.4 is 0 Å². The number of hydrogen-bond donors (Lipinski definition) is 1. The number of hydrogen-bond acceptors (Lipinski definition) is 9. The van der Waals surface area contributed by atoms with Crippen molar-refractivity contribution in [2.24, 2.45) is 0 Å². The number of β-amino-alcohol motifs (C(OH)–C–C–N with tert-alkyl or cyclic N) is 1. The summed E-state index contributed by atoms with van der Waals surface area (Å²) in [5.74, 6) is -0.424. The molecule has 0 aromatic carbocycles. The zero-order valence-corrected chi connectivity index (χ0v) is 21.3. The summed E-state index contributed by atoms with van der Waals surface area (Å²) in [6, 6.07) is 0. The van der Waals surface area contributed by atoms with Crippen molar-refractivity contribution >= 4 is 21.1 Å². The molecule has 0 aromatic heterocycles. The van der Waals surface area contributed by atoms with Crippen LogP contribution >= 0.6 is 15.2 Å². The Hall–Kier alpha value is -0.310. The topological polar surface area (TPSA) is 121 Å². The molecule has 1 aliphatic rings. The van der Waals surface area contributed by atoms with Crippen molar-refractivity contribution in [1.29, 1.82) is 0 Å². The van der Waals surface area contributed by atoms with E-state index >= 15 is 0 Å². The zero-order valence-electron chi connectivity index (χ0n) is 19.5. The maximum absolute atomic E-state index is 12.9. The third kappa shape index (κ3) is 10.4. The van der Waals surface area contributed by atoms with E-state index in [0.29, 0.717) is 19.6 Å². The van der Waals surface area contributed by atoms with E-state index in [1.165, 1.54) is 4.90 Å². The van der Waals surface area contributed by atoms with Gasteiger partial charge in [0.25, 0.3) is 0 Å². The Bertz CT molecular complexity index is 620. The molecule has 0 saturated carbocycles. The lowest BCUT2D eigenvalue weighted by atomic mass is 10.2. The summed E-state index contributed by atoms with van der Waals surface area (Å²) in [4.78, 5) is 14.1. The van der Waals surface area contributed by atoms with E-state index in [2.05, 4.69) is 0 Å². The number of aliphatic hydroxyl groups excluding tert-OH is 1. The van der Waals surface area contributed by atoms with E-state index in [4.69, 9.17) is 22.8 Å². The Morgan fingerprint density at radius 2 is 1.55 bits per heavy atom. The van der Waals surface area contributed by atoms with Crippen molar-refractivity contribution in [3.63, 3.8) is 0 Å². The van der Waals surface area contributed by atoms with Gasteiger partial charge in [0.1, 0.15) is 12.3 Å². The molecule has 0 unspecified atom stereocenters. The molecular formula is C19H39NO9P2. The van der Waals surface area contributed by atoms with E-state index in [-0.39, 0.29) is 38.1 Å². The Balaban J connectivity index is 2.56. The first-order chi connectivity index (χ1) is 14.4. The number of ether oxygens (including phenoxy) is 1. The molecule has 184 valence electrons. The van der Waals surface area contributed by atoms with Crippen LogP contribution in [0, 0.1) is 0 Å². The second-order valence-corrected chi connectivity index (χ2v) is 12.0. The molecule has 1 N–H and O–H groups in total. The Morgan fingerprint density at radius 1 is 1.00 bits per heavy atom. The highest BCUT2D eigenvalue weighted by atomic mass is 31.2. The van der Waals surface area contributed by atoms with Gasteiger partial charge in [-0.3, -0.25) is 13.9 Å². The van der Waals surface area contributed by atoms with Crippen LogP contribution in [0.2, 0.25) is 0 Å². The molecule has 1 fully saturated rings. The van der Waals surface area contributed by atoms with E-state index in [9.17, 15) is 19.0 Å². The smallest absolute Gasteiger partial charge is 0.340 e. The summed E-state index contributed by atoms with van der Waals surface area (Å²) in [5.41, 5.74) is 0. The SMILES string of the molecule is CCOP(=O)(CCCO[C@@H]1CN(C(=O)CP(=O)(OC(C)C)OC(C)C)C[C@@H]1O)OCC. The first-order valence-corrected chi connectivity index (χ1v) is 14.3. The van der Waals surface area contributed by atoms with Crippen LogP contribution in [0.3, 0.4) is 0 Å². The predicted molar refractivity (Wildman–Crippen MR) is 118 cm³/mol. The van der Waals surface area contributed by atoms with Gasteiger partial charge in [0.2, 0.25) is 5.91 Å². The molecule has 0 radical (unpaired) electrons. The fraction of sp³-hybridized carbons (Fsp3) is 0.947. The lowest BCUT2D eigenvalue weighted by Crippen LogP contribution is -2.33. The van der Waals surface area contributed by atoms with Crippen LogP contribution in [-0.2, 0) is 36.8 Å². The normalized spacial score (nSPS) is 20.2. The first-order valence-electron chi connectivity index (χ1n) is 10.8. The summed E-state index contributed by atoms with van der Waals surface area (Å²) in [7, 11) is -6.75. The lowest BCUT2D eigenvalue weighted by Gasteiger charge is -2.24. The van der Waals surface area contributed by atoms with Gasteiger partial charge in [-0.15, -0.1) is 0 Å². The molecule has 0 aromatic rings. The fourth-order valence-corrected chi connectivity index (χ4v) is 6.84. The van der Waals surface area contributed by atoms with Crippen LogP contribution in [0.15, 0.2) is 0 Å². The maximum atomic E-state index is 12.9. The average molecular weight is 487 g/mol. The minimum atomic E-state index is -3.61. The molecule has 0 aliphatic carbocycles. The van der Waals surface area contributed by atoms with Crippen LogP contribution in [0.1, 0.15) is 48.0 Å². The standard InChI is InChI=1S/C19H39NO9P2/c1-7-26-30(23,27-8-2)11-9-10-25-18-13-20(12-17(18)21)19(22)14-31(24,28-15(3)4)29-16(5)6/h15-18,21H,7-14H2,1-6H3/t17-,18+/m0/s1. The predicted octanol–water partition coefficient (Wildman–Crippen LogP) is 3.27. The second kappa shape index (κ2) is 13.4. The van der Waals surface area contributed by atoms with Crippen LogP contribution in [0.25, 0.3) is 0 Å². The number of carbonyl (C=O) groups excluding carboxylic acids is 1. The van der Waals surface area contributed by atoms with E-state index < -0.39 is 39.5 Å². The Kier molecular flexibility index (Phi) is 12.4. The average Bonchev–Trinajstić information content (AvgIpc) is 2.98. The van der Waals surface area contributed by atoms with Crippen LogP contribution in [-0.4, -0.2) is 85.6 Å². The van der Waals surface area contributed by atoms with Gasteiger partial charge in [0.05, 0.1) is 37.7 Å². The van der Waals surface area contributed by atoms with Gasteiger partial charge in [-0.1, -0.05) is 0 Å². The molecule has 1 rings (SSSR count). The van der Waals surface area contributed by atoms with Crippen LogP contribution in [0.5, 0.6) is 0 Å². The molecule has 1 amide bonds. The quantitative estimate of drug-likeness (QED) is 0.274. The monoisotopic (exact) mass is 487 g/mol. The van der Waals surface area contributed by atoms with E-state index in [0.717, 1.165) is 0 Å². The highest BCUT2D eigenvalue weighted by Gasteiger charge is 2.39. The van der Waals surface area contributed by atoms with Crippen molar-refractivity contribution < 1.29 is 41.9 Å². The Labute approximate surface area is 186 Å². The molecule has 1 heterocycles. The summed E-state index contributed by atoms with van der Waals surface area (Å²) >= 11 is 0. The van der Waals surface area contributed by atoms with E-state index in [1.807, 2.05) is 0 Å². The summed E-state index contributed by atoms with van der Waals surface area (Å²) in [5, 5.41) is 10.3. The molecule has 1 aliphatic heterocycles. The van der Waals surface area contributed by atoms with Crippen molar-refractivity contribution in [3.05, 3.63) is 0 Å². The number of aliphatic hydroxyl groups is 1. The van der Waals surface area contributed by atoms with Crippen LogP contribution in [0.4, 0.5) is 0 Å². The number of nitrogens with zero attached hydrogens (tertiary/aromatic N) is 1. The van der Waals surface area contributed by atoms with Crippen molar-refractivity contribution in [2.45, 2.75) is 72.4 Å². The fourth-order valence-electron chi connectivity index (χ4n) is 3.18. The third-order valence-corrected chi connectivity index (χ3v) is 8.53. The lowest BCUT2D eigenvalue weighted by molar-refractivity contribution is -0.128. The maximum Gasteiger partial charge on any atom is 0.340 e. The second-order valence-electron chi connectivity index (χ2n) is 7.88. The molecule has 12 heteroatoms. The van der Waals surface area contributed by atoms with Gasteiger partial charge < -0.3 is 32.8 Å². The highest BCUT2D eigenvalue weighted by molar-refractivity contribution is 7.55. The minimum absolute atomic E-state index is 0.0727. The minimum Gasteiger partial charge on any atom is -0.388 e. The molecule has 0 spiro atoms. The number of likely N-dealkylation sites (tertiary alicyclic amines) is 1. The van der Waals surface area contributed by atoms with Gasteiger partial charge >= 0.3 is 15.2 Å². The molecular weight excluding hydrogens is 448 g/mol. The summed E-state index contributed by atoms with van der Waals surface area (Å²) in [6.07, 6.45) is -1.93. The van der Waals surface area contributed by atoms with Gasteiger partial charge in [0.15, 0.2) is 0 Å². The van der Waals surface area contributed by atoms with Crippen molar-refractivity contribution in [3.8, 4) is 0 Å². The van der Waals surface area contributed by atoms with Crippen molar-refractivity contribution in [2.75, 3.05) is 45.2 Å². The highest BCUT2D eigenvalue weighted by Crippen LogP contribution is 2.51. The number of amides is 1.